The minimum absolute atomic E-state index is 0.615. The van der Waals surface area contributed by atoms with Gasteiger partial charge in [-0.25, -0.2) is 0 Å². The van der Waals surface area contributed by atoms with Crippen LogP contribution in [0.1, 0.15) is 6.92 Å². The van der Waals surface area contributed by atoms with Gasteiger partial charge in [0.2, 0.25) is 0 Å². The van der Waals surface area contributed by atoms with E-state index >= 15 is 0 Å². The van der Waals surface area contributed by atoms with Crippen LogP contribution in [0.2, 0.25) is 0 Å². The van der Waals surface area contributed by atoms with Crippen LogP contribution in [0.15, 0.2) is 11.0 Å². The standard InChI is InChI=1S/C4H9NS/c1-4(2-5)3-6/h3,6H,2,5H2,1H3/b4-3-. The molecule has 0 aliphatic carbocycles. The van der Waals surface area contributed by atoms with E-state index in [9.17, 15) is 0 Å². The number of rotatable bonds is 1. The lowest BCUT2D eigenvalue weighted by Crippen LogP contribution is -1.98. The number of hydrogen-bond donors (Lipinski definition) is 2. The van der Waals surface area contributed by atoms with Crippen LogP contribution in [0.25, 0.3) is 0 Å². The van der Waals surface area contributed by atoms with Crippen molar-refractivity contribution in [3.8, 4) is 0 Å². The first kappa shape index (κ1) is 6.05. The molecular formula is C4H9NS. The molecule has 0 aromatic rings. The van der Waals surface area contributed by atoms with Crippen LogP contribution in [-0.4, -0.2) is 6.54 Å². The van der Waals surface area contributed by atoms with E-state index in [-0.39, 0.29) is 0 Å². The van der Waals surface area contributed by atoms with Gasteiger partial charge < -0.3 is 5.73 Å². The highest BCUT2D eigenvalue weighted by Crippen LogP contribution is 1.87. The van der Waals surface area contributed by atoms with Gasteiger partial charge in [0.05, 0.1) is 0 Å². The zero-order valence-electron chi connectivity index (χ0n) is 3.81. The Morgan fingerprint density at radius 3 is 2.50 bits per heavy atom. The van der Waals surface area contributed by atoms with Crippen LogP contribution < -0.4 is 5.73 Å². The summed E-state index contributed by atoms with van der Waals surface area (Å²) in [5.41, 5.74) is 6.27. The maximum atomic E-state index is 5.17. The minimum Gasteiger partial charge on any atom is -0.327 e. The van der Waals surface area contributed by atoms with E-state index in [1.807, 2.05) is 6.92 Å². The molecule has 0 unspecified atom stereocenters. The molecule has 0 rings (SSSR count). The highest BCUT2D eigenvalue weighted by Gasteiger charge is 1.73. The van der Waals surface area contributed by atoms with Gasteiger partial charge in [0.25, 0.3) is 0 Å². The molecular weight excluding hydrogens is 94.1 g/mol. The summed E-state index contributed by atoms with van der Waals surface area (Å²) in [6, 6.07) is 0. The summed E-state index contributed by atoms with van der Waals surface area (Å²) in [6.45, 7) is 2.55. The Balaban J connectivity index is 3.22. The first-order chi connectivity index (χ1) is 2.81. The van der Waals surface area contributed by atoms with Gasteiger partial charge in [0.1, 0.15) is 0 Å². The van der Waals surface area contributed by atoms with Crippen molar-refractivity contribution in [2.45, 2.75) is 6.92 Å². The SMILES string of the molecule is C/C(=C/S)CN. The fourth-order valence-corrected chi connectivity index (χ4v) is 0.158. The summed E-state index contributed by atoms with van der Waals surface area (Å²) in [5, 5.41) is 1.71. The van der Waals surface area contributed by atoms with Crippen LogP contribution in [0.3, 0.4) is 0 Å². The zero-order valence-corrected chi connectivity index (χ0v) is 4.70. The Kier molecular flexibility index (Phi) is 3.28. The number of thiol groups is 1. The van der Waals surface area contributed by atoms with Crippen LogP contribution in [0, 0.1) is 0 Å². The van der Waals surface area contributed by atoms with Crippen molar-refractivity contribution in [1.29, 1.82) is 0 Å². The fourth-order valence-electron chi connectivity index (χ4n) is 0.0527. The van der Waals surface area contributed by atoms with Gasteiger partial charge in [0, 0.05) is 6.54 Å². The molecule has 0 amide bonds. The van der Waals surface area contributed by atoms with Gasteiger partial charge in [-0.15, -0.1) is 0 Å². The molecule has 0 aromatic carbocycles. The van der Waals surface area contributed by atoms with Gasteiger partial charge in [-0.2, -0.15) is 12.6 Å². The fraction of sp³-hybridized carbons (Fsp3) is 0.500. The molecule has 0 saturated carbocycles. The first-order valence-corrected chi connectivity index (χ1v) is 2.33. The first-order valence-electron chi connectivity index (χ1n) is 1.81. The summed E-state index contributed by atoms with van der Waals surface area (Å²) < 4.78 is 0. The summed E-state index contributed by atoms with van der Waals surface area (Å²) in [7, 11) is 0. The second-order valence-electron chi connectivity index (χ2n) is 1.18. The van der Waals surface area contributed by atoms with E-state index in [1.54, 1.807) is 5.41 Å². The van der Waals surface area contributed by atoms with Gasteiger partial charge >= 0.3 is 0 Å². The molecule has 0 radical (unpaired) electrons. The molecule has 0 aromatic heterocycles. The highest BCUT2D eigenvalue weighted by atomic mass is 32.1. The topological polar surface area (TPSA) is 26.0 Å². The summed E-state index contributed by atoms with van der Waals surface area (Å²) >= 11 is 3.85. The van der Waals surface area contributed by atoms with E-state index in [4.69, 9.17) is 5.73 Å². The molecule has 0 aliphatic heterocycles. The van der Waals surface area contributed by atoms with E-state index in [0.29, 0.717) is 6.54 Å². The molecule has 0 aliphatic rings. The van der Waals surface area contributed by atoms with Crippen molar-refractivity contribution >= 4 is 12.6 Å². The molecule has 2 N–H and O–H groups in total. The second kappa shape index (κ2) is 3.25. The van der Waals surface area contributed by atoms with Crippen molar-refractivity contribution in [1.82, 2.24) is 0 Å². The minimum atomic E-state index is 0.615. The van der Waals surface area contributed by atoms with Crippen LogP contribution in [0.4, 0.5) is 0 Å². The number of hydrogen-bond acceptors (Lipinski definition) is 2. The Hall–Kier alpha value is 0.0500. The molecule has 6 heavy (non-hydrogen) atoms. The molecule has 0 heterocycles. The lowest BCUT2D eigenvalue weighted by molar-refractivity contribution is 1.15. The molecule has 0 fully saturated rings. The van der Waals surface area contributed by atoms with Gasteiger partial charge in [-0.1, -0.05) is 5.57 Å². The van der Waals surface area contributed by atoms with Crippen molar-refractivity contribution < 1.29 is 0 Å². The summed E-state index contributed by atoms with van der Waals surface area (Å²) in [5.74, 6) is 0. The third kappa shape index (κ3) is 2.30. The molecule has 0 spiro atoms. The van der Waals surface area contributed by atoms with Gasteiger partial charge in [-0.3, -0.25) is 0 Å². The quantitative estimate of drug-likeness (QED) is 0.471. The van der Waals surface area contributed by atoms with E-state index < -0.39 is 0 Å². The third-order valence-corrected chi connectivity index (χ3v) is 0.983. The van der Waals surface area contributed by atoms with Crippen LogP contribution >= 0.6 is 12.6 Å². The molecule has 0 atom stereocenters. The Morgan fingerprint density at radius 2 is 2.50 bits per heavy atom. The highest BCUT2D eigenvalue weighted by molar-refractivity contribution is 7.83. The molecule has 0 saturated heterocycles. The largest absolute Gasteiger partial charge is 0.327 e. The summed E-state index contributed by atoms with van der Waals surface area (Å²) in [6.07, 6.45) is 0. The van der Waals surface area contributed by atoms with E-state index in [1.165, 1.54) is 0 Å². The average molecular weight is 103 g/mol. The Morgan fingerprint density at radius 1 is 2.00 bits per heavy atom. The van der Waals surface area contributed by atoms with E-state index in [0.717, 1.165) is 5.57 Å². The smallest absolute Gasteiger partial charge is 0.0142 e. The maximum absolute atomic E-state index is 5.17. The van der Waals surface area contributed by atoms with Crippen molar-refractivity contribution in [3.63, 3.8) is 0 Å². The predicted octanol–water partition coefficient (Wildman–Crippen LogP) is 0.779. The third-order valence-electron chi connectivity index (χ3n) is 0.542. The van der Waals surface area contributed by atoms with Crippen LogP contribution in [-0.2, 0) is 0 Å². The zero-order chi connectivity index (χ0) is 4.99. The molecule has 1 nitrogen and oxygen atoms in total. The average Bonchev–Trinajstić information content (AvgIpc) is 1.65. The van der Waals surface area contributed by atoms with Crippen molar-refractivity contribution in [2.24, 2.45) is 5.73 Å². The molecule has 0 bridgehead atoms. The number of nitrogens with two attached hydrogens (primary N) is 1. The Bertz CT molecular complexity index is 58.6. The normalized spacial score (nSPS) is 12.2. The lowest BCUT2D eigenvalue weighted by atomic mass is 10.4. The van der Waals surface area contributed by atoms with Crippen molar-refractivity contribution in [2.75, 3.05) is 6.54 Å². The van der Waals surface area contributed by atoms with E-state index in [2.05, 4.69) is 12.6 Å². The second-order valence-corrected chi connectivity index (χ2v) is 1.44. The Labute approximate surface area is 43.6 Å². The van der Waals surface area contributed by atoms with Crippen molar-refractivity contribution in [3.05, 3.63) is 11.0 Å². The van der Waals surface area contributed by atoms with Gasteiger partial charge in [-0.05, 0) is 12.3 Å². The summed E-state index contributed by atoms with van der Waals surface area (Å²) in [4.78, 5) is 0. The maximum Gasteiger partial charge on any atom is 0.0142 e. The lowest BCUT2D eigenvalue weighted by Gasteiger charge is -1.85. The predicted molar refractivity (Wildman–Crippen MR) is 31.8 cm³/mol. The van der Waals surface area contributed by atoms with Gasteiger partial charge in [0.15, 0.2) is 0 Å². The van der Waals surface area contributed by atoms with Crippen LogP contribution in [0.5, 0.6) is 0 Å². The monoisotopic (exact) mass is 103 g/mol. The molecule has 2 heteroatoms. The molecule has 36 valence electrons.